The highest BCUT2D eigenvalue weighted by Gasteiger charge is 2.11. The minimum absolute atomic E-state index is 0.0482. The summed E-state index contributed by atoms with van der Waals surface area (Å²) in [5.74, 6) is -0.484. The lowest BCUT2D eigenvalue weighted by Gasteiger charge is -2.09. The van der Waals surface area contributed by atoms with Crippen molar-refractivity contribution < 1.29 is 14.3 Å². The van der Waals surface area contributed by atoms with Gasteiger partial charge in [0.25, 0.3) is 11.8 Å². The largest absolute Gasteiger partial charge is 0.482 e. The maximum Gasteiger partial charge on any atom is 0.262 e. The lowest BCUT2D eigenvalue weighted by Crippen LogP contribution is -2.23. The van der Waals surface area contributed by atoms with E-state index in [-0.39, 0.29) is 23.1 Å². The van der Waals surface area contributed by atoms with E-state index in [9.17, 15) is 14.9 Å². The summed E-state index contributed by atoms with van der Waals surface area (Å²) in [6.45, 7) is 0.104. The van der Waals surface area contributed by atoms with Gasteiger partial charge >= 0.3 is 0 Å². The molecule has 0 fully saturated rings. The van der Waals surface area contributed by atoms with Crippen molar-refractivity contribution in [2.45, 2.75) is 6.54 Å². The number of halogens is 1. The molecule has 6 nitrogen and oxygen atoms in total. The van der Waals surface area contributed by atoms with Crippen LogP contribution in [0.1, 0.15) is 11.1 Å². The Morgan fingerprint density at radius 2 is 1.69 bits per heavy atom. The number of para-hydroxylation sites is 1. The topological polar surface area (TPSA) is 91.2 Å². The molecule has 2 N–H and O–H groups in total. The van der Waals surface area contributed by atoms with Crippen molar-refractivity contribution in [3.8, 4) is 11.8 Å². The third-order valence-corrected chi connectivity index (χ3v) is 4.64. The van der Waals surface area contributed by atoms with Gasteiger partial charge in [-0.3, -0.25) is 9.59 Å². The van der Waals surface area contributed by atoms with E-state index in [4.69, 9.17) is 16.3 Å². The molecule has 0 bridgehead atoms. The van der Waals surface area contributed by atoms with Crippen LogP contribution in [0.5, 0.6) is 5.75 Å². The Morgan fingerprint density at radius 1 is 1.00 bits per heavy atom. The molecule has 3 aromatic carbocycles. The van der Waals surface area contributed by atoms with E-state index in [1.165, 1.54) is 6.08 Å². The van der Waals surface area contributed by atoms with Crippen molar-refractivity contribution in [2.75, 3.05) is 11.9 Å². The zero-order valence-corrected chi connectivity index (χ0v) is 17.8. The molecule has 32 heavy (non-hydrogen) atoms. The van der Waals surface area contributed by atoms with Crippen molar-refractivity contribution in [1.29, 1.82) is 5.26 Å². The lowest BCUT2D eigenvalue weighted by atomic mass is 10.1. The third kappa shape index (κ3) is 6.73. The summed E-state index contributed by atoms with van der Waals surface area (Å²) in [5.41, 5.74) is 2.11. The molecule has 0 heterocycles. The highest BCUT2D eigenvalue weighted by molar-refractivity contribution is 6.32. The van der Waals surface area contributed by atoms with Crippen molar-refractivity contribution in [3.63, 3.8) is 0 Å². The molecule has 3 rings (SSSR count). The summed E-state index contributed by atoms with van der Waals surface area (Å²) in [6, 6.07) is 25.1. The molecule has 2 amide bonds. The number of ether oxygens (including phenoxy) is 1. The third-order valence-electron chi connectivity index (χ3n) is 4.34. The second-order valence-corrected chi connectivity index (χ2v) is 7.14. The van der Waals surface area contributed by atoms with Gasteiger partial charge in [-0.1, -0.05) is 66.2 Å². The Labute approximate surface area is 191 Å². The molecule has 3 aromatic rings. The molecule has 0 radical (unpaired) electrons. The van der Waals surface area contributed by atoms with Gasteiger partial charge in [0.15, 0.2) is 6.61 Å². The number of nitrogens with one attached hydrogen (secondary N) is 2. The van der Waals surface area contributed by atoms with Crippen LogP contribution in [0, 0.1) is 11.3 Å². The minimum Gasteiger partial charge on any atom is -0.482 e. The Bertz CT molecular complexity index is 1160. The van der Waals surface area contributed by atoms with Crippen LogP contribution < -0.4 is 15.4 Å². The molecule has 0 aliphatic rings. The summed E-state index contributed by atoms with van der Waals surface area (Å²) in [4.78, 5) is 24.3. The molecule has 0 aliphatic heterocycles. The number of nitrogens with zero attached hydrogens (tertiary/aromatic N) is 1. The van der Waals surface area contributed by atoms with E-state index in [0.29, 0.717) is 23.5 Å². The van der Waals surface area contributed by atoms with Gasteiger partial charge < -0.3 is 15.4 Å². The van der Waals surface area contributed by atoms with Gasteiger partial charge in [-0.2, -0.15) is 5.26 Å². The van der Waals surface area contributed by atoms with Gasteiger partial charge in [0.05, 0.1) is 5.02 Å². The molecule has 7 heteroatoms. The van der Waals surface area contributed by atoms with Crippen molar-refractivity contribution in [2.24, 2.45) is 0 Å². The monoisotopic (exact) mass is 445 g/mol. The van der Waals surface area contributed by atoms with E-state index >= 15 is 0 Å². The molecule has 0 saturated heterocycles. The molecule has 0 atom stereocenters. The number of carbonyl (C=O) groups is 2. The Morgan fingerprint density at radius 3 is 2.34 bits per heavy atom. The standard InChI is InChI=1S/C25H20ClN3O3/c26-22-14-19(13-20(15-27)25(31)28-16-18-7-3-1-4-8-18)11-12-23(22)32-17-24(30)29-21-9-5-2-6-10-21/h1-14H,16-17H2,(H,28,31)(H,29,30)/b20-13+. The molecule has 0 aliphatic carbocycles. The summed E-state index contributed by atoms with van der Waals surface area (Å²) in [6.07, 6.45) is 1.44. The van der Waals surface area contributed by atoms with Gasteiger partial charge in [-0.15, -0.1) is 0 Å². The number of rotatable bonds is 8. The maximum atomic E-state index is 12.3. The first kappa shape index (κ1) is 22.6. The predicted molar refractivity (Wildman–Crippen MR) is 124 cm³/mol. The van der Waals surface area contributed by atoms with Crippen LogP contribution in [-0.4, -0.2) is 18.4 Å². The average molecular weight is 446 g/mol. The lowest BCUT2D eigenvalue weighted by molar-refractivity contribution is -0.118. The van der Waals surface area contributed by atoms with Crippen LogP contribution >= 0.6 is 11.6 Å². The second-order valence-electron chi connectivity index (χ2n) is 6.73. The van der Waals surface area contributed by atoms with Gasteiger partial charge in [0.1, 0.15) is 17.4 Å². The quantitative estimate of drug-likeness (QED) is 0.392. The zero-order chi connectivity index (χ0) is 22.8. The smallest absolute Gasteiger partial charge is 0.262 e. The van der Waals surface area contributed by atoms with Gasteiger partial charge in [0.2, 0.25) is 0 Å². The molecular weight excluding hydrogens is 426 g/mol. The molecule has 0 aromatic heterocycles. The molecule has 0 saturated carbocycles. The summed E-state index contributed by atoms with van der Waals surface area (Å²) in [7, 11) is 0. The molecular formula is C25H20ClN3O3. The van der Waals surface area contributed by atoms with Gasteiger partial charge in [-0.25, -0.2) is 0 Å². The Hall–Kier alpha value is -4.08. The van der Waals surface area contributed by atoms with Crippen LogP contribution in [0.4, 0.5) is 5.69 Å². The fourth-order valence-electron chi connectivity index (χ4n) is 2.77. The van der Waals surface area contributed by atoms with Crippen LogP contribution in [0.15, 0.2) is 84.4 Å². The van der Waals surface area contributed by atoms with E-state index in [0.717, 1.165) is 5.56 Å². The maximum absolute atomic E-state index is 12.3. The van der Waals surface area contributed by atoms with Crippen molar-refractivity contribution >= 4 is 35.2 Å². The highest BCUT2D eigenvalue weighted by Crippen LogP contribution is 2.26. The second kappa shape index (κ2) is 11.3. The Balaban J connectivity index is 1.59. The van der Waals surface area contributed by atoms with Crippen LogP contribution in [0.2, 0.25) is 5.02 Å². The Kier molecular flexibility index (Phi) is 8.02. The molecule has 160 valence electrons. The van der Waals surface area contributed by atoms with Crippen LogP contribution in [-0.2, 0) is 16.1 Å². The normalized spacial score (nSPS) is 10.7. The first-order chi connectivity index (χ1) is 15.5. The zero-order valence-electron chi connectivity index (χ0n) is 17.0. The van der Waals surface area contributed by atoms with Gasteiger partial charge in [0, 0.05) is 12.2 Å². The number of anilines is 1. The van der Waals surface area contributed by atoms with Crippen LogP contribution in [0.25, 0.3) is 6.08 Å². The summed E-state index contributed by atoms with van der Waals surface area (Å²) >= 11 is 6.25. The van der Waals surface area contributed by atoms with E-state index in [1.807, 2.05) is 54.6 Å². The first-order valence-electron chi connectivity index (χ1n) is 9.76. The van der Waals surface area contributed by atoms with Crippen molar-refractivity contribution in [3.05, 3.63) is 101 Å². The van der Waals surface area contributed by atoms with Crippen LogP contribution in [0.3, 0.4) is 0 Å². The van der Waals surface area contributed by atoms with Crippen molar-refractivity contribution in [1.82, 2.24) is 5.32 Å². The van der Waals surface area contributed by atoms with E-state index in [1.54, 1.807) is 30.3 Å². The summed E-state index contributed by atoms with van der Waals surface area (Å²) in [5, 5.41) is 15.1. The number of nitriles is 1. The molecule has 0 unspecified atom stereocenters. The SMILES string of the molecule is N#C/C(=C\c1ccc(OCC(=O)Nc2ccccc2)c(Cl)c1)C(=O)NCc1ccccc1. The molecule has 0 spiro atoms. The fourth-order valence-corrected chi connectivity index (χ4v) is 3.02. The highest BCUT2D eigenvalue weighted by atomic mass is 35.5. The fraction of sp³-hybridized carbons (Fsp3) is 0.0800. The van der Waals surface area contributed by atoms with E-state index in [2.05, 4.69) is 10.6 Å². The van der Waals surface area contributed by atoms with E-state index < -0.39 is 5.91 Å². The number of hydrogen-bond donors (Lipinski definition) is 2. The summed E-state index contributed by atoms with van der Waals surface area (Å²) < 4.78 is 5.48. The number of amides is 2. The first-order valence-corrected chi connectivity index (χ1v) is 10.1. The number of hydrogen-bond acceptors (Lipinski definition) is 4. The number of carbonyl (C=O) groups excluding carboxylic acids is 2. The van der Waals surface area contributed by atoms with Gasteiger partial charge in [-0.05, 0) is 41.5 Å². The minimum atomic E-state index is -0.481. The predicted octanol–water partition coefficient (Wildman–Crippen LogP) is 4.58. The number of benzene rings is 3. The average Bonchev–Trinajstić information content (AvgIpc) is 2.81.